The van der Waals surface area contributed by atoms with Crippen LogP contribution in [0.3, 0.4) is 0 Å². The van der Waals surface area contributed by atoms with Crippen LogP contribution in [0.5, 0.6) is 0 Å². The van der Waals surface area contributed by atoms with E-state index in [0.717, 1.165) is 6.42 Å². The molecule has 0 aromatic rings. The van der Waals surface area contributed by atoms with Gasteiger partial charge in [-0.3, -0.25) is 4.79 Å². The number of nitriles is 1. The van der Waals surface area contributed by atoms with Crippen molar-refractivity contribution in [3.63, 3.8) is 0 Å². The molecule has 2 rings (SSSR count). The van der Waals surface area contributed by atoms with Gasteiger partial charge in [-0.1, -0.05) is 0 Å². The van der Waals surface area contributed by atoms with Gasteiger partial charge in [-0.15, -0.1) is 0 Å². The normalized spacial score (nSPS) is 33.4. The summed E-state index contributed by atoms with van der Waals surface area (Å²) in [6.07, 6.45) is 3.34. The Morgan fingerprint density at radius 3 is 2.50 bits per heavy atom. The van der Waals surface area contributed by atoms with E-state index in [1.165, 1.54) is 0 Å². The molecule has 4 heteroatoms. The van der Waals surface area contributed by atoms with Gasteiger partial charge in [-0.25, -0.2) is 0 Å². The monoisotopic (exact) mass is 194 g/mol. The summed E-state index contributed by atoms with van der Waals surface area (Å²) >= 11 is 0. The van der Waals surface area contributed by atoms with Gasteiger partial charge in [0, 0.05) is 6.04 Å². The average molecular weight is 194 g/mol. The van der Waals surface area contributed by atoms with E-state index < -0.39 is 5.41 Å². The summed E-state index contributed by atoms with van der Waals surface area (Å²) in [5.41, 5.74) is -0.749. The number of carbonyl (C=O) groups is 1. The largest absolute Gasteiger partial charge is 0.393 e. The fourth-order valence-corrected chi connectivity index (χ4v) is 1.95. The molecule has 2 aliphatic carbocycles. The molecule has 2 fully saturated rings. The van der Waals surface area contributed by atoms with E-state index in [9.17, 15) is 4.79 Å². The summed E-state index contributed by atoms with van der Waals surface area (Å²) in [5, 5.41) is 20.8. The lowest BCUT2D eigenvalue weighted by Gasteiger charge is -2.38. The molecule has 0 spiro atoms. The Labute approximate surface area is 82.9 Å². The van der Waals surface area contributed by atoms with Crippen LogP contribution in [-0.2, 0) is 4.79 Å². The molecule has 76 valence electrons. The first-order valence-electron chi connectivity index (χ1n) is 5.06. The number of amides is 1. The first-order valence-corrected chi connectivity index (χ1v) is 5.06. The van der Waals surface area contributed by atoms with E-state index in [-0.39, 0.29) is 18.1 Å². The molecule has 1 amide bonds. The third-order valence-corrected chi connectivity index (χ3v) is 3.30. The van der Waals surface area contributed by atoms with Crippen LogP contribution in [0.25, 0.3) is 0 Å². The highest BCUT2D eigenvalue weighted by atomic mass is 16.3. The number of nitrogens with one attached hydrogen (secondary N) is 1. The minimum absolute atomic E-state index is 0.0864. The second-order valence-corrected chi connectivity index (χ2v) is 4.34. The van der Waals surface area contributed by atoms with Crippen molar-refractivity contribution in [3.05, 3.63) is 0 Å². The summed E-state index contributed by atoms with van der Waals surface area (Å²) in [6.45, 7) is 0. The van der Waals surface area contributed by atoms with E-state index in [1.807, 2.05) is 0 Å². The second-order valence-electron chi connectivity index (χ2n) is 4.34. The predicted octanol–water partition coefficient (Wildman–Crippen LogP) is 0.320. The molecule has 0 atom stereocenters. The van der Waals surface area contributed by atoms with Gasteiger partial charge in [-0.05, 0) is 32.1 Å². The highest BCUT2D eigenvalue weighted by Gasteiger charge is 2.46. The van der Waals surface area contributed by atoms with Crippen molar-refractivity contribution in [3.8, 4) is 6.07 Å². The molecule has 0 aromatic carbocycles. The number of rotatable bonds is 2. The zero-order valence-corrected chi connectivity index (χ0v) is 7.99. The SMILES string of the molecule is N#CC1(C(=O)NC2CC(O)C2)CCC1. The summed E-state index contributed by atoms with van der Waals surface area (Å²) in [4.78, 5) is 11.7. The van der Waals surface area contributed by atoms with Gasteiger partial charge in [0.05, 0.1) is 12.2 Å². The van der Waals surface area contributed by atoms with Crippen molar-refractivity contribution < 1.29 is 9.90 Å². The lowest BCUT2D eigenvalue weighted by Crippen LogP contribution is -2.53. The number of hydrogen-bond acceptors (Lipinski definition) is 3. The smallest absolute Gasteiger partial charge is 0.240 e. The summed E-state index contributed by atoms with van der Waals surface area (Å²) in [5.74, 6) is -0.136. The van der Waals surface area contributed by atoms with Crippen LogP contribution >= 0.6 is 0 Å². The Kier molecular flexibility index (Phi) is 2.20. The zero-order valence-electron chi connectivity index (χ0n) is 7.99. The highest BCUT2D eigenvalue weighted by molar-refractivity contribution is 5.86. The minimum atomic E-state index is -0.749. The van der Waals surface area contributed by atoms with E-state index in [0.29, 0.717) is 25.7 Å². The van der Waals surface area contributed by atoms with E-state index in [1.54, 1.807) is 0 Å². The fraction of sp³-hybridized carbons (Fsp3) is 0.800. The third-order valence-electron chi connectivity index (χ3n) is 3.30. The predicted molar refractivity (Wildman–Crippen MR) is 49.1 cm³/mol. The minimum Gasteiger partial charge on any atom is -0.393 e. The molecule has 2 aliphatic rings. The van der Waals surface area contributed by atoms with E-state index >= 15 is 0 Å². The fourth-order valence-electron chi connectivity index (χ4n) is 1.95. The molecule has 2 N–H and O–H groups in total. The number of aliphatic hydroxyl groups excluding tert-OH is 1. The molecular formula is C10H14N2O2. The quantitative estimate of drug-likeness (QED) is 0.665. The van der Waals surface area contributed by atoms with Crippen molar-refractivity contribution in [2.45, 2.75) is 44.2 Å². The number of carbonyl (C=O) groups excluding carboxylic acids is 1. The Bertz CT molecular complexity index is 285. The molecule has 0 aliphatic heterocycles. The van der Waals surface area contributed by atoms with Crippen molar-refractivity contribution in [2.75, 3.05) is 0 Å². The molecule has 0 unspecified atom stereocenters. The van der Waals surface area contributed by atoms with Gasteiger partial charge in [0.15, 0.2) is 0 Å². The number of hydrogen-bond donors (Lipinski definition) is 2. The van der Waals surface area contributed by atoms with Gasteiger partial charge in [0.2, 0.25) is 5.91 Å². The van der Waals surface area contributed by atoms with Crippen molar-refractivity contribution in [1.29, 1.82) is 5.26 Å². The summed E-state index contributed by atoms with van der Waals surface area (Å²) < 4.78 is 0. The molecule has 14 heavy (non-hydrogen) atoms. The Hall–Kier alpha value is -1.08. The maximum absolute atomic E-state index is 11.7. The second kappa shape index (κ2) is 3.25. The maximum Gasteiger partial charge on any atom is 0.240 e. The van der Waals surface area contributed by atoms with Crippen LogP contribution < -0.4 is 5.32 Å². The van der Waals surface area contributed by atoms with Crippen LogP contribution in [0, 0.1) is 16.7 Å². The van der Waals surface area contributed by atoms with Gasteiger partial charge < -0.3 is 10.4 Å². The topological polar surface area (TPSA) is 73.1 Å². The van der Waals surface area contributed by atoms with Gasteiger partial charge in [0.1, 0.15) is 5.41 Å². The Morgan fingerprint density at radius 1 is 1.50 bits per heavy atom. The van der Waals surface area contributed by atoms with Crippen molar-refractivity contribution in [2.24, 2.45) is 5.41 Å². The highest BCUT2D eigenvalue weighted by Crippen LogP contribution is 2.40. The van der Waals surface area contributed by atoms with Gasteiger partial charge in [-0.2, -0.15) is 5.26 Å². The number of nitrogens with zero attached hydrogens (tertiary/aromatic N) is 1. The lowest BCUT2D eigenvalue weighted by molar-refractivity contribution is -0.133. The molecule has 0 saturated heterocycles. The zero-order chi connectivity index (χ0) is 10.2. The first-order chi connectivity index (χ1) is 6.66. The van der Waals surface area contributed by atoms with E-state index in [2.05, 4.69) is 11.4 Å². The van der Waals surface area contributed by atoms with Crippen LogP contribution in [0.15, 0.2) is 0 Å². The van der Waals surface area contributed by atoms with E-state index in [4.69, 9.17) is 10.4 Å². The molecule has 0 bridgehead atoms. The average Bonchev–Trinajstić information content (AvgIpc) is 2.00. The lowest BCUT2D eigenvalue weighted by atomic mass is 9.69. The third kappa shape index (κ3) is 1.38. The summed E-state index contributed by atoms with van der Waals surface area (Å²) in [6, 6.07) is 2.19. The van der Waals surface area contributed by atoms with Crippen LogP contribution in [0.1, 0.15) is 32.1 Å². The molecule has 0 heterocycles. The summed E-state index contributed by atoms with van der Waals surface area (Å²) in [7, 11) is 0. The van der Waals surface area contributed by atoms with Gasteiger partial charge in [0.25, 0.3) is 0 Å². The first kappa shape index (κ1) is 9.47. The Morgan fingerprint density at radius 2 is 2.14 bits per heavy atom. The maximum atomic E-state index is 11.7. The van der Waals surface area contributed by atoms with Crippen molar-refractivity contribution in [1.82, 2.24) is 5.32 Å². The Balaban J connectivity index is 1.87. The molecule has 2 saturated carbocycles. The molecule has 0 aromatic heterocycles. The van der Waals surface area contributed by atoms with Gasteiger partial charge >= 0.3 is 0 Å². The molecule has 4 nitrogen and oxygen atoms in total. The molecular weight excluding hydrogens is 180 g/mol. The van der Waals surface area contributed by atoms with Crippen LogP contribution in [0.4, 0.5) is 0 Å². The van der Waals surface area contributed by atoms with Crippen LogP contribution in [0.2, 0.25) is 0 Å². The van der Waals surface area contributed by atoms with Crippen molar-refractivity contribution >= 4 is 5.91 Å². The van der Waals surface area contributed by atoms with Crippen LogP contribution in [-0.4, -0.2) is 23.2 Å². The molecule has 0 radical (unpaired) electrons. The standard InChI is InChI=1S/C10H14N2O2/c11-6-10(2-1-3-10)9(14)12-7-4-8(13)5-7/h7-8,13H,1-5H2,(H,12,14). The number of aliphatic hydroxyl groups is 1.